The topological polar surface area (TPSA) is 46.9 Å². The number of nitrogens with one attached hydrogen (secondary N) is 1. The highest BCUT2D eigenvalue weighted by Crippen LogP contribution is 2.17. The summed E-state index contributed by atoms with van der Waals surface area (Å²) >= 11 is 1.39. The molecule has 0 radical (unpaired) electrons. The molecule has 0 saturated heterocycles. The summed E-state index contributed by atoms with van der Waals surface area (Å²) in [5.41, 5.74) is 2.05. The average Bonchev–Trinajstić information content (AvgIpc) is 2.91. The SMILES string of the molecule is Cn1c(CCNC(=O)CSc2ccc(F)cc2)nc2ccccc21. The normalized spacial score (nSPS) is 10.9. The number of carbonyl (C=O) groups excluding carboxylic acids is 1. The third-order valence-corrected chi connectivity index (χ3v) is 4.75. The molecule has 0 aliphatic rings. The molecule has 0 aliphatic heterocycles. The van der Waals surface area contributed by atoms with E-state index in [2.05, 4.69) is 14.9 Å². The van der Waals surface area contributed by atoms with Crippen LogP contribution in [0.25, 0.3) is 11.0 Å². The zero-order chi connectivity index (χ0) is 16.9. The molecule has 1 heterocycles. The Bertz CT molecular complexity index is 845. The molecule has 1 aromatic heterocycles. The zero-order valence-electron chi connectivity index (χ0n) is 13.3. The molecule has 0 aliphatic carbocycles. The Morgan fingerprint density at radius 3 is 2.71 bits per heavy atom. The van der Waals surface area contributed by atoms with Gasteiger partial charge in [-0.1, -0.05) is 12.1 Å². The molecule has 0 bridgehead atoms. The van der Waals surface area contributed by atoms with Crippen LogP contribution in [-0.4, -0.2) is 27.8 Å². The lowest BCUT2D eigenvalue weighted by molar-refractivity contribution is -0.118. The highest BCUT2D eigenvalue weighted by molar-refractivity contribution is 8.00. The van der Waals surface area contributed by atoms with Crippen LogP contribution < -0.4 is 5.32 Å². The standard InChI is InChI=1S/C18H18FN3OS/c1-22-16-5-3-2-4-15(16)21-17(22)10-11-20-18(23)12-24-14-8-6-13(19)7-9-14/h2-9H,10-12H2,1H3,(H,20,23). The molecule has 1 N–H and O–H groups in total. The number of amides is 1. The largest absolute Gasteiger partial charge is 0.355 e. The molecule has 0 saturated carbocycles. The van der Waals surface area contributed by atoms with Gasteiger partial charge in [0.15, 0.2) is 0 Å². The molecule has 24 heavy (non-hydrogen) atoms. The molecule has 3 rings (SSSR count). The van der Waals surface area contributed by atoms with E-state index in [-0.39, 0.29) is 11.7 Å². The number of thioether (sulfide) groups is 1. The molecule has 124 valence electrons. The lowest BCUT2D eigenvalue weighted by Gasteiger charge is -2.06. The van der Waals surface area contributed by atoms with Gasteiger partial charge in [-0.3, -0.25) is 4.79 Å². The summed E-state index contributed by atoms with van der Waals surface area (Å²) in [7, 11) is 1.98. The van der Waals surface area contributed by atoms with Crippen LogP contribution >= 0.6 is 11.8 Å². The zero-order valence-corrected chi connectivity index (χ0v) is 14.1. The van der Waals surface area contributed by atoms with Crippen LogP contribution in [0.3, 0.4) is 0 Å². The minimum Gasteiger partial charge on any atom is -0.355 e. The van der Waals surface area contributed by atoms with Crippen LogP contribution in [-0.2, 0) is 18.3 Å². The van der Waals surface area contributed by atoms with Crippen molar-refractivity contribution in [3.05, 3.63) is 60.2 Å². The third kappa shape index (κ3) is 3.94. The van der Waals surface area contributed by atoms with Gasteiger partial charge in [-0.2, -0.15) is 0 Å². The average molecular weight is 343 g/mol. The van der Waals surface area contributed by atoms with Gasteiger partial charge in [0.25, 0.3) is 0 Å². The number of nitrogens with zero attached hydrogens (tertiary/aromatic N) is 2. The van der Waals surface area contributed by atoms with Gasteiger partial charge < -0.3 is 9.88 Å². The number of aryl methyl sites for hydroxylation is 1. The molecular formula is C18H18FN3OS. The number of imidazole rings is 1. The minimum absolute atomic E-state index is 0.0388. The molecular weight excluding hydrogens is 325 g/mol. The fraction of sp³-hybridized carbons (Fsp3) is 0.222. The van der Waals surface area contributed by atoms with Gasteiger partial charge in [-0.25, -0.2) is 9.37 Å². The number of halogens is 1. The number of aromatic nitrogens is 2. The van der Waals surface area contributed by atoms with E-state index in [1.165, 1.54) is 23.9 Å². The van der Waals surface area contributed by atoms with Crippen LogP contribution in [0, 0.1) is 5.82 Å². The van der Waals surface area contributed by atoms with Crippen molar-refractivity contribution in [2.75, 3.05) is 12.3 Å². The number of para-hydroxylation sites is 2. The number of hydrogen-bond donors (Lipinski definition) is 1. The Balaban J connectivity index is 1.47. The number of benzene rings is 2. The van der Waals surface area contributed by atoms with E-state index in [0.717, 1.165) is 21.8 Å². The van der Waals surface area contributed by atoms with Gasteiger partial charge in [-0.05, 0) is 36.4 Å². The summed E-state index contributed by atoms with van der Waals surface area (Å²) in [5.74, 6) is 0.950. The van der Waals surface area contributed by atoms with Gasteiger partial charge in [0.2, 0.25) is 5.91 Å². The van der Waals surface area contributed by atoms with E-state index in [1.54, 1.807) is 12.1 Å². The van der Waals surface area contributed by atoms with Gasteiger partial charge >= 0.3 is 0 Å². The first-order chi connectivity index (χ1) is 11.6. The Kier molecular flexibility index (Phi) is 5.15. The van der Waals surface area contributed by atoms with Crippen molar-refractivity contribution in [2.45, 2.75) is 11.3 Å². The van der Waals surface area contributed by atoms with E-state index in [1.807, 2.05) is 31.3 Å². The second kappa shape index (κ2) is 7.49. The van der Waals surface area contributed by atoms with Crippen molar-refractivity contribution < 1.29 is 9.18 Å². The summed E-state index contributed by atoms with van der Waals surface area (Å²) in [6.07, 6.45) is 0.679. The lowest BCUT2D eigenvalue weighted by atomic mass is 10.3. The minimum atomic E-state index is -0.272. The van der Waals surface area contributed by atoms with Crippen molar-refractivity contribution >= 4 is 28.7 Å². The maximum atomic E-state index is 12.8. The summed E-state index contributed by atoms with van der Waals surface area (Å²) in [6.45, 7) is 0.542. The Morgan fingerprint density at radius 1 is 1.21 bits per heavy atom. The van der Waals surface area contributed by atoms with Gasteiger partial charge in [0.05, 0.1) is 16.8 Å². The van der Waals surface area contributed by atoms with Gasteiger partial charge in [-0.15, -0.1) is 11.8 Å². The molecule has 6 heteroatoms. The lowest BCUT2D eigenvalue weighted by Crippen LogP contribution is -2.27. The quantitative estimate of drug-likeness (QED) is 0.700. The van der Waals surface area contributed by atoms with Crippen LogP contribution in [0.5, 0.6) is 0 Å². The summed E-state index contributed by atoms with van der Waals surface area (Å²) in [4.78, 5) is 17.4. The van der Waals surface area contributed by atoms with E-state index in [0.29, 0.717) is 18.7 Å². The van der Waals surface area contributed by atoms with E-state index < -0.39 is 0 Å². The third-order valence-electron chi connectivity index (χ3n) is 3.73. The first-order valence-corrected chi connectivity index (χ1v) is 8.67. The highest BCUT2D eigenvalue weighted by atomic mass is 32.2. The molecule has 3 aromatic rings. The van der Waals surface area contributed by atoms with Crippen molar-refractivity contribution in [2.24, 2.45) is 7.05 Å². The Morgan fingerprint density at radius 2 is 1.96 bits per heavy atom. The predicted octanol–water partition coefficient (Wildman–Crippen LogP) is 3.16. The first kappa shape index (κ1) is 16.5. The predicted molar refractivity (Wildman–Crippen MR) is 94.6 cm³/mol. The summed E-state index contributed by atoms with van der Waals surface area (Å²) in [5, 5.41) is 2.90. The molecule has 4 nitrogen and oxygen atoms in total. The second-order valence-corrected chi connectivity index (χ2v) is 6.47. The fourth-order valence-corrected chi connectivity index (χ4v) is 3.19. The summed E-state index contributed by atoms with van der Waals surface area (Å²) < 4.78 is 14.9. The second-order valence-electron chi connectivity index (χ2n) is 5.42. The fourth-order valence-electron chi connectivity index (χ4n) is 2.46. The van der Waals surface area contributed by atoms with Crippen LogP contribution in [0.1, 0.15) is 5.82 Å². The Labute approximate surface area is 144 Å². The molecule has 0 fully saturated rings. The van der Waals surface area contributed by atoms with Crippen LogP contribution in [0.4, 0.5) is 4.39 Å². The molecule has 0 atom stereocenters. The molecule has 2 aromatic carbocycles. The van der Waals surface area contributed by atoms with Crippen LogP contribution in [0.2, 0.25) is 0 Å². The van der Waals surface area contributed by atoms with Crippen molar-refractivity contribution in [1.82, 2.24) is 14.9 Å². The monoisotopic (exact) mass is 343 g/mol. The molecule has 0 unspecified atom stereocenters. The first-order valence-electron chi connectivity index (χ1n) is 7.69. The maximum Gasteiger partial charge on any atom is 0.230 e. The molecule has 1 amide bonds. The van der Waals surface area contributed by atoms with E-state index >= 15 is 0 Å². The van der Waals surface area contributed by atoms with Gasteiger partial charge in [0.1, 0.15) is 11.6 Å². The number of hydrogen-bond acceptors (Lipinski definition) is 3. The molecule has 0 spiro atoms. The van der Waals surface area contributed by atoms with E-state index in [9.17, 15) is 9.18 Å². The maximum absolute atomic E-state index is 12.8. The highest BCUT2D eigenvalue weighted by Gasteiger charge is 2.08. The smallest absolute Gasteiger partial charge is 0.230 e. The van der Waals surface area contributed by atoms with Crippen molar-refractivity contribution in [1.29, 1.82) is 0 Å². The van der Waals surface area contributed by atoms with Crippen LogP contribution in [0.15, 0.2) is 53.4 Å². The van der Waals surface area contributed by atoms with Crippen molar-refractivity contribution in [3.63, 3.8) is 0 Å². The summed E-state index contributed by atoms with van der Waals surface area (Å²) in [6, 6.07) is 14.1. The Hall–Kier alpha value is -2.34. The van der Waals surface area contributed by atoms with Gasteiger partial charge in [0, 0.05) is 24.9 Å². The van der Waals surface area contributed by atoms with E-state index in [4.69, 9.17) is 0 Å². The number of rotatable bonds is 6. The van der Waals surface area contributed by atoms with Crippen molar-refractivity contribution in [3.8, 4) is 0 Å². The number of carbonyl (C=O) groups is 1. The number of fused-ring (bicyclic) bond motifs is 1.